The van der Waals surface area contributed by atoms with Crippen LogP contribution in [0.25, 0.3) is 0 Å². The number of aryl methyl sites for hydroxylation is 1. The molecular formula is C29H29AcN3O8S. The number of ketones is 1. The minimum atomic E-state index is -0.931. The van der Waals surface area contributed by atoms with E-state index >= 15 is 0 Å². The van der Waals surface area contributed by atoms with Crippen LogP contribution in [0.5, 0.6) is 28.7 Å². The molecule has 0 amide bonds. The third-order valence-corrected chi connectivity index (χ3v) is 10.6. The van der Waals surface area contributed by atoms with Gasteiger partial charge in [0.25, 0.3) is 0 Å². The zero-order valence-corrected chi connectivity index (χ0v) is 29.1. The van der Waals surface area contributed by atoms with Gasteiger partial charge >= 0.3 is 5.97 Å². The second-order valence-corrected chi connectivity index (χ2v) is 12.3. The number of aromatic hydroxyl groups is 2. The number of phenols is 2. The molecule has 13 heteroatoms. The first kappa shape index (κ1) is 29.8. The number of Topliss-reactive ketones (excluding diaryl/α,β-unsaturated/α-hetero) is 1. The average Bonchev–Trinajstić information content (AvgIpc) is 3.44. The first-order valence-electron chi connectivity index (χ1n) is 13.4. The number of phenolic OH excluding ortho intramolecular Hbond substituents is 2. The van der Waals surface area contributed by atoms with E-state index in [0.29, 0.717) is 45.9 Å². The van der Waals surface area contributed by atoms with Crippen molar-refractivity contribution >= 4 is 23.5 Å². The third-order valence-electron chi connectivity index (χ3n) is 9.32. The summed E-state index contributed by atoms with van der Waals surface area (Å²) in [5.41, 5.74) is 4.11. The number of fused-ring (bicyclic) bond motifs is 9. The number of hydrogen-bond donors (Lipinski definition) is 2. The summed E-state index contributed by atoms with van der Waals surface area (Å²) in [5.74, 6) is -0.472. The maximum Gasteiger partial charge on any atom is 0.375 e. The number of esters is 1. The second kappa shape index (κ2) is 10.7. The fraction of sp³-hybridized carbons (Fsp3) is 0.483. The molecule has 4 bridgehead atoms. The minimum Gasteiger partial charge on any atom is -0.507 e. The molecule has 7 rings (SSSR count). The molecule has 0 spiro atoms. The first-order valence-corrected chi connectivity index (χ1v) is 14.5. The monoisotopic (exact) mass is 806 g/mol. The van der Waals surface area contributed by atoms with E-state index in [4.69, 9.17) is 18.9 Å². The van der Waals surface area contributed by atoms with Crippen LogP contribution in [-0.4, -0.2) is 83.2 Å². The molecule has 2 aromatic rings. The van der Waals surface area contributed by atoms with E-state index in [1.54, 1.807) is 6.92 Å². The average molecular weight is 807 g/mol. The summed E-state index contributed by atoms with van der Waals surface area (Å²) >= 11 is 1.22. The number of cyclic esters (lactones) is 1. The fourth-order valence-electron chi connectivity index (χ4n) is 7.64. The Morgan fingerprint density at radius 2 is 1.83 bits per heavy atom. The molecule has 5 heterocycles. The van der Waals surface area contributed by atoms with E-state index in [1.165, 1.54) is 18.9 Å². The zero-order chi connectivity index (χ0) is 28.9. The molecule has 11 nitrogen and oxygen atoms in total. The van der Waals surface area contributed by atoms with Crippen molar-refractivity contribution in [3.05, 3.63) is 39.4 Å². The number of carbonyl (C=O) groups excluding carboxylic acids is 2. The number of nitrogens with zero attached hydrogens (tertiary/aromatic N) is 3. The van der Waals surface area contributed by atoms with Crippen LogP contribution in [0, 0.1) is 69.2 Å². The summed E-state index contributed by atoms with van der Waals surface area (Å²) < 4.78 is 22.9. The molecule has 0 aliphatic carbocycles. The normalized spacial score (nSPS) is 29.4. The summed E-state index contributed by atoms with van der Waals surface area (Å²) in [4.78, 5) is 29.6. The number of hydrogen-bond acceptors (Lipinski definition) is 12. The summed E-state index contributed by atoms with van der Waals surface area (Å²) in [6.07, 6.45) is 0.509. The largest absolute Gasteiger partial charge is 0.507 e. The number of rotatable bonds is 1. The molecule has 1 radical (unpaired) electrons. The van der Waals surface area contributed by atoms with Crippen LogP contribution < -0.4 is 14.2 Å². The van der Waals surface area contributed by atoms with E-state index in [9.17, 15) is 25.1 Å². The molecule has 0 saturated carbocycles. The van der Waals surface area contributed by atoms with Gasteiger partial charge < -0.3 is 29.2 Å². The first-order chi connectivity index (χ1) is 19.7. The quantitative estimate of drug-likeness (QED) is 0.324. The number of methoxy groups -OCH3 is 1. The van der Waals surface area contributed by atoms with E-state index in [1.807, 2.05) is 20.0 Å². The van der Waals surface area contributed by atoms with Gasteiger partial charge in [0.05, 0.1) is 36.3 Å². The fourth-order valence-corrected chi connectivity index (χ4v) is 8.98. The Kier molecular flexibility index (Phi) is 7.63. The second-order valence-electron chi connectivity index (χ2n) is 11.2. The summed E-state index contributed by atoms with van der Waals surface area (Å²) in [6.45, 7) is 3.37. The molecule has 2 saturated heterocycles. The Morgan fingerprint density at radius 3 is 2.55 bits per heavy atom. The maximum atomic E-state index is 12.8. The van der Waals surface area contributed by atoms with Crippen molar-refractivity contribution in [3.63, 3.8) is 0 Å². The van der Waals surface area contributed by atoms with E-state index in [0.717, 1.165) is 11.1 Å². The van der Waals surface area contributed by atoms with Crippen LogP contribution in [0.15, 0.2) is 6.07 Å². The minimum absolute atomic E-state index is 0. The zero-order valence-electron chi connectivity index (χ0n) is 23.5. The smallest absolute Gasteiger partial charge is 0.375 e. The molecule has 2 fully saturated rings. The Balaban J connectivity index is 0.00000316. The van der Waals surface area contributed by atoms with Gasteiger partial charge in [0.2, 0.25) is 12.6 Å². The standard InChI is InChI=1S/C29H29N3O8S.Ac/c1-11-5-13-6-14-15(7-30)32-16-8-38-29(36)17(33)9-41-28(20-19(16)27-26(39-10-40-27)12(2)23(20)34)22(32)21(31(14)3)18(13)24(35)25(11)37-4;/h5,14-16,21-22,28,34-35H,6,8-10H2,1-4H3;/t14-,15-,16-,21+,22?,28+;/m0./s1. The van der Waals surface area contributed by atoms with Gasteiger partial charge in [-0.1, -0.05) is 6.07 Å². The van der Waals surface area contributed by atoms with Crippen LogP contribution in [0.3, 0.4) is 0 Å². The van der Waals surface area contributed by atoms with E-state index < -0.39 is 41.2 Å². The molecule has 1 unspecified atom stereocenters. The van der Waals surface area contributed by atoms with E-state index in [2.05, 4.69) is 15.9 Å². The maximum absolute atomic E-state index is 12.8. The van der Waals surface area contributed by atoms with Gasteiger partial charge in [0.15, 0.2) is 23.0 Å². The van der Waals surface area contributed by atoms with Gasteiger partial charge in [0, 0.05) is 78.4 Å². The van der Waals surface area contributed by atoms with Crippen LogP contribution >= 0.6 is 11.8 Å². The third kappa shape index (κ3) is 3.95. The topological polar surface area (TPSA) is 142 Å². The number of piperazine rings is 1. The SMILES string of the molecule is COc1c(C)cc2c(c1O)[C@@H]1C3[C@@H]4SCC(=O)C(=O)OC[C@@H](c5c6c(c(C)c(O)c54)OCO6)N3[C@@H](C#N)[C@H](C2)N1C.[Ac]. The number of benzene rings is 2. The summed E-state index contributed by atoms with van der Waals surface area (Å²) in [7, 11) is 3.46. The Labute approximate surface area is 282 Å². The molecule has 5 aliphatic heterocycles. The number of carbonyl (C=O) groups is 2. The van der Waals surface area contributed by atoms with Gasteiger partial charge in [-0.2, -0.15) is 5.26 Å². The van der Waals surface area contributed by atoms with Gasteiger partial charge in [-0.05, 0) is 38.4 Å². The van der Waals surface area contributed by atoms with Crippen LogP contribution in [0.4, 0.5) is 0 Å². The Bertz CT molecular complexity index is 1580. The summed E-state index contributed by atoms with van der Waals surface area (Å²) in [5, 5.41) is 33.4. The van der Waals surface area contributed by atoms with Crippen molar-refractivity contribution in [1.29, 1.82) is 5.26 Å². The van der Waals surface area contributed by atoms with Gasteiger partial charge in [-0.15, -0.1) is 11.8 Å². The molecule has 42 heavy (non-hydrogen) atoms. The Morgan fingerprint density at radius 1 is 1.10 bits per heavy atom. The van der Waals surface area contributed by atoms with Crippen molar-refractivity contribution in [2.24, 2.45) is 0 Å². The molecule has 217 valence electrons. The van der Waals surface area contributed by atoms with Crippen molar-refractivity contribution in [2.75, 3.05) is 33.3 Å². The van der Waals surface area contributed by atoms with Gasteiger partial charge in [-0.25, -0.2) is 4.79 Å². The van der Waals surface area contributed by atoms with Crippen molar-refractivity contribution in [2.45, 2.75) is 55.7 Å². The van der Waals surface area contributed by atoms with Crippen molar-refractivity contribution in [1.82, 2.24) is 9.80 Å². The van der Waals surface area contributed by atoms with Crippen LogP contribution in [-0.2, 0) is 20.7 Å². The predicted octanol–water partition coefficient (Wildman–Crippen LogP) is 2.58. The van der Waals surface area contributed by atoms with E-state index in [-0.39, 0.29) is 80.8 Å². The molecular weight excluding hydrogens is 777 g/mol. The molecule has 0 aromatic heterocycles. The van der Waals surface area contributed by atoms with Crippen molar-refractivity contribution < 1.29 is 82.8 Å². The molecule has 2 aromatic carbocycles. The van der Waals surface area contributed by atoms with Gasteiger partial charge in [0.1, 0.15) is 18.4 Å². The van der Waals surface area contributed by atoms with Crippen LogP contribution in [0.2, 0.25) is 0 Å². The molecule has 6 atom stereocenters. The van der Waals surface area contributed by atoms with Crippen molar-refractivity contribution in [3.8, 4) is 34.8 Å². The molecule has 5 aliphatic rings. The Hall–Kier alpha value is -2.22. The molecule has 2 N–H and O–H groups in total. The number of likely N-dealkylation sites (N-methyl/N-ethyl adjacent to an activating group) is 1. The predicted molar refractivity (Wildman–Crippen MR) is 145 cm³/mol. The summed E-state index contributed by atoms with van der Waals surface area (Å²) in [6, 6.07) is 1.99. The van der Waals surface area contributed by atoms with Crippen LogP contribution in [0.1, 0.15) is 50.7 Å². The number of thioether (sulfide) groups is 1. The number of ether oxygens (including phenoxy) is 4. The number of nitriles is 1. The van der Waals surface area contributed by atoms with Gasteiger partial charge in [-0.3, -0.25) is 14.6 Å².